The Bertz CT molecular complexity index is 815. The van der Waals surface area contributed by atoms with Gasteiger partial charge < -0.3 is 10.1 Å². The summed E-state index contributed by atoms with van der Waals surface area (Å²) in [4.78, 5) is 22.5. The largest absolute Gasteiger partial charge is 0.483 e. The molecule has 130 valence electrons. The minimum absolute atomic E-state index is 0.0240. The first-order valence-corrected chi connectivity index (χ1v) is 7.79. The molecule has 1 N–H and O–H groups in total. The van der Waals surface area contributed by atoms with E-state index in [0.717, 1.165) is 16.8 Å². The van der Waals surface area contributed by atoms with Crippen LogP contribution < -0.4 is 10.1 Å². The van der Waals surface area contributed by atoms with Crippen LogP contribution in [0.4, 0.5) is 11.4 Å². The summed E-state index contributed by atoms with van der Waals surface area (Å²) in [7, 11) is 0. The minimum Gasteiger partial charge on any atom is -0.483 e. The van der Waals surface area contributed by atoms with E-state index in [4.69, 9.17) is 4.74 Å². The van der Waals surface area contributed by atoms with Crippen molar-refractivity contribution in [1.82, 2.24) is 0 Å². The molecular formula is C19H20N2O4. The molecule has 0 aromatic heterocycles. The van der Waals surface area contributed by atoms with E-state index in [-0.39, 0.29) is 18.2 Å². The predicted octanol–water partition coefficient (Wildman–Crippen LogP) is 3.96. The summed E-state index contributed by atoms with van der Waals surface area (Å²) < 4.78 is 5.55. The molecule has 0 radical (unpaired) electrons. The Hall–Kier alpha value is -3.15. The first kappa shape index (κ1) is 18.2. The van der Waals surface area contributed by atoms with E-state index >= 15 is 0 Å². The third-order valence-electron chi connectivity index (χ3n) is 3.86. The molecule has 6 heteroatoms. The molecule has 0 spiro atoms. The van der Waals surface area contributed by atoms with E-state index in [2.05, 4.69) is 11.9 Å². The zero-order chi connectivity index (χ0) is 18.4. The number of amides is 1. The molecule has 0 unspecified atom stereocenters. The summed E-state index contributed by atoms with van der Waals surface area (Å²) in [6, 6.07) is 9.96. The fourth-order valence-corrected chi connectivity index (χ4v) is 2.35. The Morgan fingerprint density at radius 2 is 2.08 bits per heavy atom. The van der Waals surface area contributed by atoms with Gasteiger partial charge in [0.1, 0.15) is 5.75 Å². The van der Waals surface area contributed by atoms with Gasteiger partial charge in [-0.1, -0.05) is 18.2 Å². The van der Waals surface area contributed by atoms with Gasteiger partial charge in [-0.15, -0.1) is 6.58 Å². The number of nitrogens with one attached hydrogen (secondary N) is 1. The summed E-state index contributed by atoms with van der Waals surface area (Å²) in [6.45, 7) is 7.36. The van der Waals surface area contributed by atoms with Crippen molar-refractivity contribution in [2.75, 3.05) is 11.9 Å². The number of anilines is 1. The van der Waals surface area contributed by atoms with Crippen LogP contribution in [-0.2, 0) is 11.2 Å². The van der Waals surface area contributed by atoms with Crippen molar-refractivity contribution in [3.8, 4) is 5.75 Å². The van der Waals surface area contributed by atoms with E-state index in [1.807, 2.05) is 32.0 Å². The number of non-ortho nitro benzene ring substituents is 1. The normalized spacial score (nSPS) is 10.2. The molecule has 6 nitrogen and oxygen atoms in total. The first-order chi connectivity index (χ1) is 11.9. The standard InChI is InChI=1S/C19H20N2O4/c1-4-6-15-11-16(21(23)24)9-10-18(15)25-12-19(22)20-17-8-5-7-13(2)14(17)3/h4-5,7-11H,1,6,12H2,2-3H3,(H,20,22). The summed E-state index contributed by atoms with van der Waals surface area (Å²) in [5, 5.41) is 13.7. The lowest BCUT2D eigenvalue weighted by molar-refractivity contribution is -0.384. The Morgan fingerprint density at radius 1 is 1.32 bits per heavy atom. The molecule has 0 heterocycles. The number of aryl methyl sites for hydroxylation is 1. The van der Waals surface area contributed by atoms with Crippen molar-refractivity contribution in [2.24, 2.45) is 0 Å². The Kier molecular flexibility index (Phi) is 5.89. The fraction of sp³-hybridized carbons (Fsp3) is 0.211. The number of nitro groups is 1. The molecule has 0 aliphatic heterocycles. The monoisotopic (exact) mass is 340 g/mol. The van der Waals surface area contributed by atoms with E-state index < -0.39 is 4.92 Å². The highest BCUT2D eigenvalue weighted by Crippen LogP contribution is 2.25. The van der Waals surface area contributed by atoms with Gasteiger partial charge in [0.15, 0.2) is 6.61 Å². The van der Waals surface area contributed by atoms with Crippen molar-refractivity contribution in [3.63, 3.8) is 0 Å². The van der Waals surface area contributed by atoms with Crippen LogP contribution in [0.2, 0.25) is 0 Å². The van der Waals surface area contributed by atoms with E-state index in [1.54, 1.807) is 6.08 Å². The number of nitrogens with zero attached hydrogens (tertiary/aromatic N) is 1. The summed E-state index contributed by atoms with van der Waals surface area (Å²) in [6.07, 6.45) is 2.04. The van der Waals surface area contributed by atoms with Crippen LogP contribution in [0.15, 0.2) is 49.1 Å². The highest BCUT2D eigenvalue weighted by atomic mass is 16.6. The second-order valence-corrected chi connectivity index (χ2v) is 5.63. The SMILES string of the molecule is C=CCc1cc([N+](=O)[O-])ccc1OCC(=O)Nc1cccc(C)c1C. The molecule has 2 aromatic carbocycles. The molecule has 0 saturated heterocycles. The Balaban J connectivity index is 2.07. The second kappa shape index (κ2) is 8.10. The molecule has 0 fully saturated rings. The smallest absolute Gasteiger partial charge is 0.269 e. The summed E-state index contributed by atoms with van der Waals surface area (Å²) in [5.74, 6) is 0.137. The predicted molar refractivity (Wildman–Crippen MR) is 97.0 cm³/mol. The lowest BCUT2D eigenvalue weighted by Crippen LogP contribution is -2.21. The average molecular weight is 340 g/mol. The fourth-order valence-electron chi connectivity index (χ4n) is 2.35. The highest BCUT2D eigenvalue weighted by molar-refractivity contribution is 5.92. The lowest BCUT2D eigenvalue weighted by atomic mass is 10.1. The van der Waals surface area contributed by atoms with Gasteiger partial charge in [0, 0.05) is 23.4 Å². The van der Waals surface area contributed by atoms with Crippen LogP contribution in [-0.4, -0.2) is 17.4 Å². The van der Waals surface area contributed by atoms with Gasteiger partial charge in [0.25, 0.3) is 11.6 Å². The van der Waals surface area contributed by atoms with E-state index in [0.29, 0.717) is 17.7 Å². The van der Waals surface area contributed by atoms with Gasteiger partial charge in [0.05, 0.1) is 4.92 Å². The molecule has 0 saturated carbocycles. The average Bonchev–Trinajstić information content (AvgIpc) is 2.58. The van der Waals surface area contributed by atoms with Gasteiger partial charge in [0.2, 0.25) is 0 Å². The third-order valence-corrected chi connectivity index (χ3v) is 3.86. The molecule has 2 aromatic rings. The van der Waals surface area contributed by atoms with Crippen molar-refractivity contribution in [2.45, 2.75) is 20.3 Å². The van der Waals surface area contributed by atoms with Crippen molar-refractivity contribution >= 4 is 17.3 Å². The van der Waals surface area contributed by atoms with Crippen molar-refractivity contribution < 1.29 is 14.5 Å². The van der Waals surface area contributed by atoms with Gasteiger partial charge in [-0.2, -0.15) is 0 Å². The lowest BCUT2D eigenvalue weighted by Gasteiger charge is -2.12. The first-order valence-electron chi connectivity index (χ1n) is 7.79. The molecule has 0 bridgehead atoms. The van der Waals surface area contributed by atoms with Crippen LogP contribution in [0.25, 0.3) is 0 Å². The zero-order valence-corrected chi connectivity index (χ0v) is 14.2. The van der Waals surface area contributed by atoms with Gasteiger partial charge in [-0.25, -0.2) is 0 Å². The third kappa shape index (κ3) is 4.67. The number of hydrogen-bond donors (Lipinski definition) is 1. The molecule has 0 aliphatic rings. The van der Waals surface area contributed by atoms with Crippen LogP contribution in [0.5, 0.6) is 5.75 Å². The maximum absolute atomic E-state index is 12.1. The topological polar surface area (TPSA) is 81.5 Å². The van der Waals surface area contributed by atoms with Crippen molar-refractivity contribution in [3.05, 3.63) is 75.9 Å². The Labute approximate surface area is 146 Å². The summed E-state index contributed by atoms with van der Waals surface area (Å²) in [5.41, 5.74) is 3.41. The number of hydrogen-bond acceptors (Lipinski definition) is 4. The van der Waals surface area contributed by atoms with Crippen LogP contribution >= 0.6 is 0 Å². The number of nitro benzene ring substituents is 1. The van der Waals surface area contributed by atoms with Crippen LogP contribution in [0.1, 0.15) is 16.7 Å². The van der Waals surface area contributed by atoms with Crippen molar-refractivity contribution in [1.29, 1.82) is 0 Å². The van der Waals surface area contributed by atoms with Gasteiger partial charge in [-0.3, -0.25) is 14.9 Å². The number of benzene rings is 2. The summed E-state index contributed by atoms with van der Waals surface area (Å²) >= 11 is 0. The Morgan fingerprint density at radius 3 is 2.76 bits per heavy atom. The quantitative estimate of drug-likeness (QED) is 0.470. The van der Waals surface area contributed by atoms with Gasteiger partial charge in [-0.05, 0) is 43.5 Å². The molecule has 25 heavy (non-hydrogen) atoms. The molecule has 2 rings (SSSR count). The number of carbonyl (C=O) groups excluding carboxylic acids is 1. The molecule has 0 atom stereocenters. The van der Waals surface area contributed by atoms with E-state index in [1.165, 1.54) is 18.2 Å². The van der Waals surface area contributed by atoms with Gasteiger partial charge >= 0.3 is 0 Å². The molecule has 1 amide bonds. The highest BCUT2D eigenvalue weighted by Gasteiger charge is 2.13. The maximum atomic E-state index is 12.1. The zero-order valence-electron chi connectivity index (χ0n) is 14.2. The minimum atomic E-state index is -0.469. The number of rotatable bonds is 7. The van der Waals surface area contributed by atoms with E-state index in [9.17, 15) is 14.9 Å². The number of allylic oxidation sites excluding steroid dienone is 1. The van der Waals surface area contributed by atoms with Crippen LogP contribution in [0, 0.1) is 24.0 Å². The molecular weight excluding hydrogens is 320 g/mol. The number of carbonyl (C=O) groups is 1. The maximum Gasteiger partial charge on any atom is 0.269 e. The number of ether oxygens (including phenoxy) is 1. The molecule has 0 aliphatic carbocycles. The van der Waals surface area contributed by atoms with Crippen LogP contribution in [0.3, 0.4) is 0 Å². The second-order valence-electron chi connectivity index (χ2n) is 5.63.